The Morgan fingerprint density at radius 3 is 2.56 bits per heavy atom. The molecule has 100 valence electrons. The molecule has 1 aliphatic carbocycles. The first kappa shape index (κ1) is 14.8. The van der Waals surface area contributed by atoms with Gasteiger partial charge in [0.15, 0.2) is 0 Å². The molecule has 0 spiro atoms. The normalized spacial score (nSPS) is 16.2. The molecule has 3 N–H and O–H groups in total. The van der Waals surface area contributed by atoms with Crippen molar-refractivity contribution in [3.8, 4) is 5.75 Å². The molecule has 1 aliphatic rings. The van der Waals surface area contributed by atoms with Crippen molar-refractivity contribution in [1.29, 1.82) is 0 Å². The number of hydrogen-bond acceptors (Lipinski definition) is 3. The van der Waals surface area contributed by atoms with Gasteiger partial charge < -0.3 is 15.8 Å². The number of aryl methyl sites for hydroxylation is 1. The van der Waals surface area contributed by atoms with Crippen molar-refractivity contribution in [3.63, 3.8) is 0 Å². The number of rotatable bonds is 3. The molecule has 0 heterocycles. The Hall–Kier alpha value is -1.26. The van der Waals surface area contributed by atoms with Crippen molar-refractivity contribution in [2.75, 3.05) is 12.4 Å². The molecule has 1 amide bonds. The number of carbonyl (C=O) groups is 1. The van der Waals surface area contributed by atoms with Crippen LogP contribution in [0.15, 0.2) is 18.2 Å². The molecular weight excluding hydrogens is 252 g/mol. The highest BCUT2D eigenvalue weighted by Crippen LogP contribution is 2.31. The largest absolute Gasteiger partial charge is 0.497 e. The number of nitrogens with two attached hydrogens (primary N) is 1. The second-order valence-corrected chi connectivity index (χ2v) is 4.64. The summed E-state index contributed by atoms with van der Waals surface area (Å²) in [5, 5.41) is 2.88. The summed E-state index contributed by atoms with van der Waals surface area (Å²) in [6.45, 7) is 1.93. The minimum atomic E-state index is -0.660. The fraction of sp³-hybridized carbons (Fsp3) is 0.462. The van der Waals surface area contributed by atoms with E-state index in [2.05, 4.69) is 5.32 Å². The van der Waals surface area contributed by atoms with E-state index < -0.39 is 5.54 Å². The monoisotopic (exact) mass is 270 g/mol. The molecule has 4 nitrogen and oxygen atoms in total. The Morgan fingerprint density at radius 2 is 2.11 bits per heavy atom. The molecule has 2 rings (SSSR count). The van der Waals surface area contributed by atoms with E-state index in [0.29, 0.717) is 0 Å². The number of benzene rings is 1. The summed E-state index contributed by atoms with van der Waals surface area (Å²) in [5.74, 6) is 0.698. The fourth-order valence-electron chi connectivity index (χ4n) is 1.93. The number of hydrogen-bond donors (Lipinski definition) is 2. The number of ether oxygens (including phenoxy) is 1. The molecule has 1 fully saturated rings. The van der Waals surface area contributed by atoms with Gasteiger partial charge in [-0.25, -0.2) is 0 Å². The molecular formula is C13H19ClN2O2. The molecule has 18 heavy (non-hydrogen) atoms. The van der Waals surface area contributed by atoms with Gasteiger partial charge in [0, 0.05) is 5.69 Å². The van der Waals surface area contributed by atoms with Crippen molar-refractivity contribution in [2.45, 2.75) is 31.7 Å². The topological polar surface area (TPSA) is 64.3 Å². The first-order chi connectivity index (χ1) is 8.05. The van der Waals surface area contributed by atoms with Crippen molar-refractivity contribution in [1.82, 2.24) is 0 Å². The van der Waals surface area contributed by atoms with Crippen LogP contribution in [0, 0.1) is 6.92 Å². The van der Waals surface area contributed by atoms with Gasteiger partial charge in [0.1, 0.15) is 5.75 Å². The number of amides is 1. The highest BCUT2D eigenvalue weighted by atomic mass is 35.5. The van der Waals surface area contributed by atoms with E-state index in [-0.39, 0.29) is 18.3 Å². The first-order valence-electron chi connectivity index (χ1n) is 5.80. The van der Waals surface area contributed by atoms with Crippen LogP contribution < -0.4 is 15.8 Å². The van der Waals surface area contributed by atoms with Crippen LogP contribution in [0.1, 0.15) is 24.8 Å². The summed E-state index contributed by atoms with van der Waals surface area (Å²) < 4.78 is 5.12. The predicted octanol–water partition coefficient (Wildman–Crippen LogP) is 2.25. The van der Waals surface area contributed by atoms with Crippen LogP contribution >= 0.6 is 12.4 Å². The zero-order chi connectivity index (χ0) is 12.5. The zero-order valence-electron chi connectivity index (χ0n) is 10.7. The van der Waals surface area contributed by atoms with Crippen LogP contribution in [-0.4, -0.2) is 18.6 Å². The molecule has 1 aromatic rings. The van der Waals surface area contributed by atoms with Gasteiger partial charge in [0.25, 0.3) is 0 Å². The predicted molar refractivity (Wildman–Crippen MR) is 74.4 cm³/mol. The third kappa shape index (κ3) is 2.76. The Balaban J connectivity index is 0.00000162. The number of anilines is 1. The van der Waals surface area contributed by atoms with E-state index in [1.54, 1.807) is 7.11 Å². The second-order valence-electron chi connectivity index (χ2n) is 4.64. The lowest BCUT2D eigenvalue weighted by atomic mass is 9.77. The smallest absolute Gasteiger partial charge is 0.244 e. The summed E-state index contributed by atoms with van der Waals surface area (Å²) in [7, 11) is 1.62. The van der Waals surface area contributed by atoms with Crippen LogP contribution in [0.25, 0.3) is 0 Å². The van der Waals surface area contributed by atoms with E-state index in [1.165, 1.54) is 0 Å². The average Bonchev–Trinajstić information content (AvgIpc) is 2.28. The maximum absolute atomic E-state index is 12.0. The van der Waals surface area contributed by atoms with Crippen LogP contribution in [0.3, 0.4) is 0 Å². The maximum Gasteiger partial charge on any atom is 0.244 e. The standard InChI is InChI=1S/C13H18N2O2.ClH/c1-9-8-10(17-2)4-5-11(9)15-12(16)13(14)6-3-7-13;/h4-5,8H,3,6-7,14H2,1-2H3,(H,15,16);1H. The van der Waals surface area contributed by atoms with Gasteiger partial charge in [0.2, 0.25) is 5.91 Å². The lowest BCUT2D eigenvalue weighted by molar-refractivity contribution is -0.123. The average molecular weight is 271 g/mol. The lowest BCUT2D eigenvalue weighted by Crippen LogP contribution is -2.56. The number of methoxy groups -OCH3 is 1. The Kier molecular flexibility index (Phi) is 4.59. The van der Waals surface area contributed by atoms with Crippen molar-refractivity contribution in [3.05, 3.63) is 23.8 Å². The minimum Gasteiger partial charge on any atom is -0.497 e. The maximum atomic E-state index is 12.0. The summed E-state index contributed by atoms with van der Waals surface area (Å²) in [6, 6.07) is 5.56. The minimum absolute atomic E-state index is 0. The zero-order valence-corrected chi connectivity index (χ0v) is 11.5. The Bertz CT molecular complexity index is 445. The Morgan fingerprint density at radius 1 is 1.44 bits per heavy atom. The fourth-order valence-corrected chi connectivity index (χ4v) is 1.93. The third-order valence-corrected chi connectivity index (χ3v) is 3.38. The van der Waals surface area contributed by atoms with Crippen molar-refractivity contribution in [2.24, 2.45) is 5.73 Å². The van der Waals surface area contributed by atoms with Crippen LogP contribution in [-0.2, 0) is 4.79 Å². The number of carbonyl (C=O) groups excluding carboxylic acids is 1. The first-order valence-corrected chi connectivity index (χ1v) is 5.80. The number of nitrogens with one attached hydrogen (secondary N) is 1. The van der Waals surface area contributed by atoms with Crippen molar-refractivity contribution < 1.29 is 9.53 Å². The summed E-state index contributed by atoms with van der Waals surface area (Å²) >= 11 is 0. The third-order valence-electron chi connectivity index (χ3n) is 3.38. The molecule has 0 saturated heterocycles. The van der Waals surface area contributed by atoms with Gasteiger partial charge in [-0.15, -0.1) is 12.4 Å². The molecule has 0 aromatic heterocycles. The second kappa shape index (κ2) is 5.59. The van der Waals surface area contributed by atoms with Crippen LogP contribution in [0.4, 0.5) is 5.69 Å². The van der Waals surface area contributed by atoms with Crippen LogP contribution in [0.2, 0.25) is 0 Å². The van der Waals surface area contributed by atoms with E-state index in [0.717, 1.165) is 36.3 Å². The Labute approximate surface area is 113 Å². The molecule has 0 aliphatic heterocycles. The van der Waals surface area contributed by atoms with E-state index in [4.69, 9.17) is 10.5 Å². The van der Waals surface area contributed by atoms with Gasteiger partial charge >= 0.3 is 0 Å². The molecule has 1 saturated carbocycles. The van der Waals surface area contributed by atoms with Gasteiger partial charge in [0.05, 0.1) is 12.6 Å². The van der Waals surface area contributed by atoms with Crippen LogP contribution in [0.5, 0.6) is 5.75 Å². The molecule has 0 atom stereocenters. The van der Waals surface area contributed by atoms with E-state index >= 15 is 0 Å². The summed E-state index contributed by atoms with van der Waals surface area (Å²) in [4.78, 5) is 12.0. The van der Waals surface area contributed by atoms with Gasteiger partial charge in [-0.1, -0.05) is 0 Å². The van der Waals surface area contributed by atoms with E-state index in [9.17, 15) is 4.79 Å². The van der Waals surface area contributed by atoms with Gasteiger partial charge in [-0.05, 0) is 49.9 Å². The summed E-state index contributed by atoms with van der Waals surface area (Å²) in [5.41, 5.74) is 7.07. The van der Waals surface area contributed by atoms with Gasteiger partial charge in [-0.3, -0.25) is 4.79 Å². The lowest BCUT2D eigenvalue weighted by Gasteiger charge is -2.36. The quantitative estimate of drug-likeness (QED) is 0.885. The van der Waals surface area contributed by atoms with E-state index in [1.807, 2.05) is 25.1 Å². The molecule has 0 bridgehead atoms. The molecule has 5 heteroatoms. The molecule has 1 aromatic carbocycles. The van der Waals surface area contributed by atoms with Gasteiger partial charge in [-0.2, -0.15) is 0 Å². The SMILES string of the molecule is COc1ccc(NC(=O)C2(N)CCC2)c(C)c1.Cl. The van der Waals surface area contributed by atoms with Crippen molar-refractivity contribution >= 4 is 24.0 Å². The highest BCUT2D eigenvalue weighted by Gasteiger charge is 2.40. The molecule has 0 radical (unpaired) electrons. The highest BCUT2D eigenvalue weighted by molar-refractivity contribution is 5.99. The molecule has 0 unspecified atom stereocenters. The summed E-state index contributed by atoms with van der Waals surface area (Å²) in [6.07, 6.45) is 2.58. The number of halogens is 1.